The normalized spacial score (nSPS) is 24.2. The lowest BCUT2D eigenvalue weighted by Gasteiger charge is -2.23. The summed E-state index contributed by atoms with van der Waals surface area (Å²) in [6.07, 6.45) is 10.5. The number of hydrogen-bond acceptors (Lipinski definition) is 4. The summed E-state index contributed by atoms with van der Waals surface area (Å²) in [5.41, 5.74) is 1.91. The highest BCUT2D eigenvalue weighted by Crippen LogP contribution is 2.29. The van der Waals surface area contributed by atoms with Crippen LogP contribution in [0.25, 0.3) is 0 Å². The van der Waals surface area contributed by atoms with Crippen LogP contribution in [-0.4, -0.2) is 12.3 Å². The minimum Gasteiger partial charge on any atom is -0.289 e. The summed E-state index contributed by atoms with van der Waals surface area (Å²) in [7, 11) is 0. The molecule has 0 saturated carbocycles. The lowest BCUT2D eigenvalue weighted by molar-refractivity contribution is -0.111. The molecule has 0 amide bonds. The van der Waals surface area contributed by atoms with Gasteiger partial charge in [-0.15, -0.1) is 6.42 Å². The maximum atomic E-state index is 11.2. The second kappa shape index (κ2) is 4.56. The van der Waals surface area contributed by atoms with Crippen molar-refractivity contribution in [3.63, 3.8) is 0 Å². The monoisotopic (exact) mass is 201 g/mol. The Morgan fingerprint density at radius 3 is 2.93 bits per heavy atom. The zero-order valence-electron chi connectivity index (χ0n) is 8.16. The lowest BCUT2D eigenvalue weighted by Crippen LogP contribution is -2.29. The molecule has 1 aliphatic carbocycles. The van der Waals surface area contributed by atoms with E-state index in [9.17, 15) is 4.79 Å². The fourth-order valence-electron chi connectivity index (χ4n) is 1.37. The molecule has 76 valence electrons. The van der Waals surface area contributed by atoms with E-state index in [1.807, 2.05) is 6.07 Å². The fourth-order valence-corrected chi connectivity index (χ4v) is 1.37. The molecule has 0 aromatic heterocycles. The molecule has 0 bridgehead atoms. The number of hydrazine groups is 1. The zero-order valence-corrected chi connectivity index (χ0v) is 8.16. The first kappa shape index (κ1) is 11.2. The highest BCUT2D eigenvalue weighted by atomic mass is 16.1. The minimum atomic E-state index is -0.675. The third kappa shape index (κ3) is 2.32. The third-order valence-electron chi connectivity index (χ3n) is 2.27. The van der Waals surface area contributed by atoms with Crippen molar-refractivity contribution in [2.75, 3.05) is 6.54 Å². The van der Waals surface area contributed by atoms with Gasteiger partial charge in [0.05, 0.1) is 11.0 Å². The Bertz CT molecular complexity index is 409. The summed E-state index contributed by atoms with van der Waals surface area (Å²) in [6.45, 7) is 0.512. The average molecular weight is 201 g/mol. The minimum absolute atomic E-state index is 0.0903. The van der Waals surface area contributed by atoms with Gasteiger partial charge in [0.25, 0.3) is 0 Å². The topological polar surface area (TPSA) is 78.9 Å². The molecule has 0 aliphatic heterocycles. The molecule has 0 radical (unpaired) electrons. The maximum Gasteiger partial charge on any atom is 0.195 e. The number of carbonyl (C=O) groups is 1. The Hall–Kier alpha value is -1.88. The van der Waals surface area contributed by atoms with Crippen LogP contribution in [0, 0.1) is 29.1 Å². The molecular weight excluding hydrogens is 190 g/mol. The smallest absolute Gasteiger partial charge is 0.195 e. The summed E-state index contributed by atoms with van der Waals surface area (Å²) in [6, 6.07) is 1.83. The van der Waals surface area contributed by atoms with Crippen LogP contribution in [0.5, 0.6) is 0 Å². The molecule has 0 spiro atoms. The Morgan fingerprint density at radius 2 is 2.40 bits per heavy atom. The largest absolute Gasteiger partial charge is 0.289 e. The van der Waals surface area contributed by atoms with E-state index in [0.29, 0.717) is 13.0 Å². The summed E-state index contributed by atoms with van der Waals surface area (Å²) in [4.78, 5) is 11.2. The molecule has 4 nitrogen and oxygen atoms in total. The standard InChI is InChI=1S/C11H11N3O/c1-2-11(5-6-14-13)4-3-10(15)9(7-11)8-12/h1,3-4,7,14H,5-6,13H2. The Morgan fingerprint density at radius 1 is 1.67 bits per heavy atom. The summed E-state index contributed by atoms with van der Waals surface area (Å²) in [5, 5.41) is 8.73. The van der Waals surface area contributed by atoms with Gasteiger partial charge in [-0.2, -0.15) is 5.26 Å². The number of carbonyl (C=O) groups excluding carboxylic acids is 1. The summed E-state index contributed by atoms with van der Waals surface area (Å²) >= 11 is 0. The number of nitrogens with one attached hydrogen (secondary N) is 1. The van der Waals surface area contributed by atoms with Gasteiger partial charge in [0.15, 0.2) is 5.78 Å². The maximum absolute atomic E-state index is 11.2. The van der Waals surface area contributed by atoms with Crippen LogP contribution >= 0.6 is 0 Å². The molecular formula is C11H11N3O. The van der Waals surface area contributed by atoms with Crippen molar-refractivity contribution in [3.8, 4) is 18.4 Å². The van der Waals surface area contributed by atoms with Crippen molar-refractivity contribution in [1.82, 2.24) is 5.43 Å². The number of allylic oxidation sites excluding steroid dienone is 4. The molecule has 1 unspecified atom stereocenters. The number of nitrogens with zero attached hydrogens (tertiary/aromatic N) is 1. The first-order valence-electron chi connectivity index (χ1n) is 4.45. The van der Waals surface area contributed by atoms with Gasteiger partial charge >= 0.3 is 0 Å². The molecule has 0 saturated heterocycles. The summed E-state index contributed by atoms with van der Waals surface area (Å²) < 4.78 is 0. The van der Waals surface area contributed by atoms with Crippen molar-refractivity contribution < 1.29 is 4.79 Å². The number of nitrogens with two attached hydrogens (primary N) is 1. The van der Waals surface area contributed by atoms with E-state index in [2.05, 4.69) is 11.3 Å². The second-order valence-corrected chi connectivity index (χ2v) is 3.26. The van der Waals surface area contributed by atoms with Crippen molar-refractivity contribution in [1.29, 1.82) is 5.26 Å². The molecule has 4 heteroatoms. The van der Waals surface area contributed by atoms with E-state index in [0.717, 1.165) is 0 Å². The number of rotatable bonds is 3. The Labute approximate surface area is 88.4 Å². The van der Waals surface area contributed by atoms with Crippen LogP contribution in [0.1, 0.15) is 6.42 Å². The first-order valence-corrected chi connectivity index (χ1v) is 4.45. The van der Waals surface area contributed by atoms with Crippen LogP contribution in [0.15, 0.2) is 23.8 Å². The second-order valence-electron chi connectivity index (χ2n) is 3.26. The van der Waals surface area contributed by atoms with Crippen LogP contribution < -0.4 is 11.3 Å². The molecule has 1 rings (SSSR count). The highest BCUT2D eigenvalue weighted by Gasteiger charge is 2.27. The van der Waals surface area contributed by atoms with Gasteiger partial charge in [-0.3, -0.25) is 16.1 Å². The third-order valence-corrected chi connectivity index (χ3v) is 2.27. The van der Waals surface area contributed by atoms with E-state index >= 15 is 0 Å². The van der Waals surface area contributed by atoms with Gasteiger partial charge in [-0.1, -0.05) is 12.0 Å². The number of nitriles is 1. The SMILES string of the molecule is C#CC1(CCNN)C=CC(=O)C(C#N)=C1. The Kier molecular flexibility index (Phi) is 3.41. The Balaban J connectivity index is 2.99. The molecule has 15 heavy (non-hydrogen) atoms. The molecule has 1 atom stereocenters. The number of ketones is 1. The van der Waals surface area contributed by atoms with E-state index in [4.69, 9.17) is 17.5 Å². The number of hydrogen-bond donors (Lipinski definition) is 2. The zero-order chi connectivity index (χ0) is 11.3. The summed E-state index contributed by atoms with van der Waals surface area (Å²) in [5.74, 6) is 7.43. The van der Waals surface area contributed by atoms with Gasteiger partial charge in [-0.05, 0) is 18.6 Å². The van der Waals surface area contributed by atoms with Crippen molar-refractivity contribution >= 4 is 5.78 Å². The van der Waals surface area contributed by atoms with Gasteiger partial charge in [0.1, 0.15) is 6.07 Å². The van der Waals surface area contributed by atoms with Crippen molar-refractivity contribution in [2.45, 2.75) is 6.42 Å². The van der Waals surface area contributed by atoms with Crippen molar-refractivity contribution in [2.24, 2.45) is 11.3 Å². The molecule has 3 N–H and O–H groups in total. The van der Waals surface area contributed by atoms with Gasteiger partial charge in [0.2, 0.25) is 0 Å². The van der Waals surface area contributed by atoms with Crippen LogP contribution in [0.2, 0.25) is 0 Å². The first-order chi connectivity index (χ1) is 7.17. The molecule has 0 fully saturated rings. The predicted molar refractivity (Wildman–Crippen MR) is 55.9 cm³/mol. The molecule has 0 heterocycles. The van der Waals surface area contributed by atoms with E-state index < -0.39 is 5.41 Å². The van der Waals surface area contributed by atoms with E-state index in [-0.39, 0.29) is 11.4 Å². The predicted octanol–water partition coefficient (Wildman–Crippen LogP) is 0.0483. The molecule has 1 aliphatic rings. The van der Waals surface area contributed by atoms with Crippen LogP contribution in [0.3, 0.4) is 0 Å². The average Bonchev–Trinajstić information content (AvgIpc) is 2.28. The lowest BCUT2D eigenvalue weighted by atomic mass is 9.79. The molecule has 0 aromatic rings. The molecule has 0 aromatic carbocycles. The van der Waals surface area contributed by atoms with Gasteiger partial charge in [-0.25, -0.2) is 0 Å². The quantitative estimate of drug-likeness (QED) is 0.384. The van der Waals surface area contributed by atoms with Gasteiger partial charge < -0.3 is 0 Å². The van der Waals surface area contributed by atoms with Crippen LogP contribution in [-0.2, 0) is 4.79 Å². The fraction of sp³-hybridized carbons (Fsp3) is 0.273. The highest BCUT2D eigenvalue weighted by molar-refractivity contribution is 6.08. The van der Waals surface area contributed by atoms with E-state index in [1.165, 1.54) is 12.2 Å². The van der Waals surface area contributed by atoms with Crippen molar-refractivity contribution in [3.05, 3.63) is 23.8 Å². The number of terminal acetylenes is 1. The van der Waals surface area contributed by atoms with Gasteiger partial charge in [0, 0.05) is 6.54 Å². The van der Waals surface area contributed by atoms with Crippen LogP contribution in [0.4, 0.5) is 0 Å². The van der Waals surface area contributed by atoms with E-state index in [1.54, 1.807) is 6.08 Å².